The molecular formula is C10H11NO4. The summed E-state index contributed by atoms with van der Waals surface area (Å²) in [6.07, 6.45) is -1.00. The summed E-state index contributed by atoms with van der Waals surface area (Å²) >= 11 is 0. The van der Waals surface area contributed by atoms with Crippen LogP contribution in [0.2, 0.25) is 0 Å². The predicted octanol–water partition coefficient (Wildman–Crippen LogP) is -0.0808. The predicted molar refractivity (Wildman–Crippen MR) is 52.0 cm³/mol. The molecule has 3 N–H and O–H groups in total. The number of carboxylic acid groups (broad SMARTS) is 1. The minimum atomic E-state index is -1.33. The molecule has 0 spiro atoms. The molecule has 0 aromatic heterocycles. The number of rotatable bonds is 5. The maximum absolute atomic E-state index is 10.7. The van der Waals surface area contributed by atoms with Crippen molar-refractivity contribution in [2.45, 2.75) is 12.1 Å². The number of aliphatic hydroxyl groups is 1. The van der Waals surface area contributed by atoms with Crippen LogP contribution in [0.15, 0.2) is 30.3 Å². The van der Waals surface area contributed by atoms with Crippen LogP contribution in [0.5, 0.6) is 0 Å². The van der Waals surface area contributed by atoms with Crippen molar-refractivity contribution < 1.29 is 19.8 Å². The molecule has 0 saturated heterocycles. The van der Waals surface area contributed by atoms with Crippen LogP contribution >= 0.6 is 0 Å². The minimum Gasteiger partial charge on any atom is -0.480 e. The number of carboxylic acids is 1. The van der Waals surface area contributed by atoms with E-state index < -0.39 is 18.1 Å². The van der Waals surface area contributed by atoms with Gasteiger partial charge in [0.15, 0.2) is 6.04 Å². The van der Waals surface area contributed by atoms with Crippen molar-refractivity contribution in [1.29, 1.82) is 0 Å². The van der Waals surface area contributed by atoms with Crippen molar-refractivity contribution in [3.8, 4) is 0 Å². The topological polar surface area (TPSA) is 86.6 Å². The van der Waals surface area contributed by atoms with E-state index in [1.165, 1.54) is 0 Å². The summed E-state index contributed by atoms with van der Waals surface area (Å²) < 4.78 is 0. The molecule has 0 radical (unpaired) electrons. The summed E-state index contributed by atoms with van der Waals surface area (Å²) in [7, 11) is 0. The lowest BCUT2D eigenvalue weighted by atomic mass is 10.0. The monoisotopic (exact) mass is 209 g/mol. The van der Waals surface area contributed by atoms with Crippen LogP contribution in [0.4, 0.5) is 0 Å². The number of carbonyl (C=O) groups excluding carboxylic acids is 1. The molecule has 80 valence electrons. The van der Waals surface area contributed by atoms with Gasteiger partial charge in [0.05, 0.1) is 0 Å². The van der Waals surface area contributed by atoms with Crippen molar-refractivity contribution in [1.82, 2.24) is 5.32 Å². The molecule has 2 atom stereocenters. The highest BCUT2D eigenvalue weighted by molar-refractivity contribution is 5.77. The SMILES string of the molecule is O=CN[C@@H](C(=O)O)[C@@H](O)c1ccccc1. The largest absolute Gasteiger partial charge is 0.480 e. The first-order chi connectivity index (χ1) is 7.16. The fourth-order valence-corrected chi connectivity index (χ4v) is 1.21. The van der Waals surface area contributed by atoms with Gasteiger partial charge >= 0.3 is 5.97 Å². The molecule has 1 aromatic rings. The Kier molecular flexibility index (Phi) is 3.82. The average Bonchev–Trinajstić information content (AvgIpc) is 2.26. The van der Waals surface area contributed by atoms with Crippen LogP contribution < -0.4 is 5.32 Å². The Hall–Kier alpha value is -1.88. The highest BCUT2D eigenvalue weighted by Gasteiger charge is 2.26. The van der Waals surface area contributed by atoms with E-state index in [9.17, 15) is 14.7 Å². The van der Waals surface area contributed by atoms with Gasteiger partial charge in [-0.15, -0.1) is 0 Å². The second-order valence-electron chi connectivity index (χ2n) is 2.96. The fraction of sp³-hybridized carbons (Fsp3) is 0.200. The third-order valence-electron chi connectivity index (χ3n) is 1.97. The molecule has 1 amide bonds. The summed E-state index contributed by atoms with van der Waals surface area (Å²) in [4.78, 5) is 20.9. The van der Waals surface area contributed by atoms with Gasteiger partial charge in [0, 0.05) is 0 Å². The number of hydrogen-bond acceptors (Lipinski definition) is 3. The van der Waals surface area contributed by atoms with Gasteiger partial charge in [-0.2, -0.15) is 0 Å². The smallest absolute Gasteiger partial charge is 0.329 e. The zero-order chi connectivity index (χ0) is 11.3. The normalized spacial score (nSPS) is 13.9. The van der Waals surface area contributed by atoms with Crippen LogP contribution in [0.3, 0.4) is 0 Å². The number of hydrogen-bond donors (Lipinski definition) is 3. The Morgan fingerprint density at radius 3 is 2.40 bits per heavy atom. The van der Waals surface area contributed by atoms with Crippen molar-refractivity contribution >= 4 is 12.4 Å². The summed E-state index contributed by atoms with van der Waals surface area (Å²) in [5, 5.41) is 20.5. The maximum Gasteiger partial charge on any atom is 0.329 e. The molecule has 0 aliphatic carbocycles. The van der Waals surface area contributed by atoms with Crippen LogP contribution in [0, 0.1) is 0 Å². The molecule has 0 heterocycles. The lowest BCUT2D eigenvalue weighted by molar-refractivity contribution is -0.143. The van der Waals surface area contributed by atoms with Crippen molar-refractivity contribution in [2.75, 3.05) is 0 Å². The quantitative estimate of drug-likeness (QED) is 0.592. The molecule has 5 heteroatoms. The van der Waals surface area contributed by atoms with E-state index >= 15 is 0 Å². The third kappa shape index (κ3) is 2.78. The fourth-order valence-electron chi connectivity index (χ4n) is 1.21. The first-order valence-electron chi connectivity index (χ1n) is 4.32. The molecule has 1 rings (SSSR count). The highest BCUT2D eigenvalue weighted by atomic mass is 16.4. The molecule has 0 aliphatic rings. The van der Waals surface area contributed by atoms with Gasteiger partial charge in [0.2, 0.25) is 6.41 Å². The lowest BCUT2D eigenvalue weighted by Crippen LogP contribution is -2.40. The third-order valence-corrected chi connectivity index (χ3v) is 1.97. The summed E-state index contributed by atoms with van der Waals surface area (Å²) in [5.74, 6) is -1.28. The van der Waals surface area contributed by atoms with E-state index in [-0.39, 0.29) is 6.41 Å². The standard InChI is InChI=1S/C10H11NO4/c12-6-11-8(10(14)15)9(13)7-4-2-1-3-5-7/h1-6,8-9,13H,(H,11,12)(H,14,15)/t8-,9+/m1/s1. The number of benzene rings is 1. The number of carbonyl (C=O) groups is 2. The summed E-state index contributed by atoms with van der Waals surface area (Å²) in [5.41, 5.74) is 0.444. The van der Waals surface area contributed by atoms with Gasteiger partial charge in [-0.3, -0.25) is 4.79 Å². The van der Waals surface area contributed by atoms with Crippen LogP contribution in [-0.4, -0.2) is 28.6 Å². The Labute approximate surface area is 86.4 Å². The molecule has 0 unspecified atom stereocenters. The second-order valence-corrected chi connectivity index (χ2v) is 2.96. The molecule has 15 heavy (non-hydrogen) atoms. The second kappa shape index (κ2) is 5.11. The van der Waals surface area contributed by atoms with Crippen LogP contribution in [-0.2, 0) is 9.59 Å². The van der Waals surface area contributed by atoms with Gasteiger partial charge in [0.25, 0.3) is 0 Å². The number of aliphatic hydroxyl groups excluding tert-OH is 1. The number of aliphatic carboxylic acids is 1. The van der Waals surface area contributed by atoms with Gasteiger partial charge in [0.1, 0.15) is 6.10 Å². The summed E-state index contributed by atoms with van der Waals surface area (Å²) in [6.45, 7) is 0. The van der Waals surface area contributed by atoms with Gasteiger partial charge < -0.3 is 15.5 Å². The molecule has 0 fully saturated rings. The van der Waals surface area contributed by atoms with Crippen LogP contribution in [0.1, 0.15) is 11.7 Å². The first kappa shape index (κ1) is 11.2. The van der Waals surface area contributed by atoms with E-state index in [0.29, 0.717) is 5.56 Å². The Morgan fingerprint density at radius 1 is 1.33 bits per heavy atom. The average molecular weight is 209 g/mol. The van der Waals surface area contributed by atoms with E-state index in [1.54, 1.807) is 30.3 Å². The zero-order valence-electron chi connectivity index (χ0n) is 7.83. The Morgan fingerprint density at radius 2 is 1.93 bits per heavy atom. The minimum absolute atomic E-state index is 0.255. The van der Waals surface area contributed by atoms with E-state index in [4.69, 9.17) is 5.11 Å². The molecule has 0 bridgehead atoms. The number of amides is 1. The number of nitrogens with one attached hydrogen (secondary N) is 1. The zero-order valence-corrected chi connectivity index (χ0v) is 7.83. The van der Waals surface area contributed by atoms with E-state index in [1.807, 2.05) is 0 Å². The van der Waals surface area contributed by atoms with E-state index in [2.05, 4.69) is 5.32 Å². The first-order valence-corrected chi connectivity index (χ1v) is 4.32. The lowest BCUT2D eigenvalue weighted by Gasteiger charge is -2.18. The Bertz CT molecular complexity index is 339. The molecule has 1 aromatic carbocycles. The molecule has 5 nitrogen and oxygen atoms in total. The highest BCUT2D eigenvalue weighted by Crippen LogP contribution is 2.16. The Balaban J connectivity index is 2.85. The van der Waals surface area contributed by atoms with Crippen molar-refractivity contribution in [2.24, 2.45) is 0 Å². The molecular weight excluding hydrogens is 198 g/mol. The van der Waals surface area contributed by atoms with Crippen molar-refractivity contribution in [3.63, 3.8) is 0 Å². The molecule has 0 aliphatic heterocycles. The van der Waals surface area contributed by atoms with Gasteiger partial charge in [-0.25, -0.2) is 4.79 Å². The molecule has 0 saturated carbocycles. The van der Waals surface area contributed by atoms with Crippen LogP contribution in [0.25, 0.3) is 0 Å². The van der Waals surface area contributed by atoms with E-state index in [0.717, 1.165) is 0 Å². The van der Waals surface area contributed by atoms with Crippen molar-refractivity contribution in [3.05, 3.63) is 35.9 Å². The van der Waals surface area contributed by atoms with Gasteiger partial charge in [-0.1, -0.05) is 30.3 Å². The van der Waals surface area contributed by atoms with Gasteiger partial charge in [-0.05, 0) is 5.56 Å². The summed E-state index contributed by atoms with van der Waals surface area (Å²) in [6, 6.07) is 6.96. The maximum atomic E-state index is 10.7.